The van der Waals surface area contributed by atoms with Gasteiger partial charge in [-0.3, -0.25) is 4.79 Å². The van der Waals surface area contributed by atoms with Crippen LogP contribution < -0.4 is 5.32 Å². The molecule has 0 bridgehead atoms. The van der Waals surface area contributed by atoms with Gasteiger partial charge in [-0.05, 0) is 46.1 Å². The first-order valence-electron chi connectivity index (χ1n) is 6.91. The number of aryl methyl sites for hydroxylation is 1. The number of rotatable bonds is 6. The zero-order valence-electron chi connectivity index (χ0n) is 12.4. The van der Waals surface area contributed by atoms with Crippen LogP contribution in [0, 0.1) is 6.92 Å². The third-order valence-electron chi connectivity index (χ3n) is 3.25. The van der Waals surface area contributed by atoms with Gasteiger partial charge in [0.2, 0.25) is 5.91 Å². The molecule has 5 heteroatoms. The number of nitrogens with one attached hydrogen (secondary N) is 1. The Bertz CT molecular complexity index is 589. The molecule has 2 rings (SSSR count). The van der Waals surface area contributed by atoms with Crippen LogP contribution in [0.4, 0.5) is 0 Å². The van der Waals surface area contributed by atoms with Gasteiger partial charge >= 0.3 is 0 Å². The van der Waals surface area contributed by atoms with E-state index >= 15 is 0 Å². The largest absolute Gasteiger partial charge is 0.355 e. The molecule has 5 nitrogen and oxygen atoms in total. The van der Waals surface area contributed by atoms with E-state index < -0.39 is 0 Å². The van der Waals surface area contributed by atoms with E-state index in [9.17, 15) is 4.79 Å². The number of para-hydroxylation sites is 2. The monoisotopic (exact) mass is 274 g/mol. The summed E-state index contributed by atoms with van der Waals surface area (Å²) in [5, 5.41) is 2.95. The van der Waals surface area contributed by atoms with Gasteiger partial charge < -0.3 is 14.8 Å². The molecule has 0 radical (unpaired) electrons. The predicted molar refractivity (Wildman–Crippen MR) is 80.7 cm³/mol. The van der Waals surface area contributed by atoms with Crippen molar-refractivity contribution >= 4 is 16.9 Å². The fourth-order valence-electron chi connectivity index (χ4n) is 2.22. The van der Waals surface area contributed by atoms with Gasteiger partial charge in [-0.25, -0.2) is 4.98 Å². The Morgan fingerprint density at radius 1 is 1.35 bits per heavy atom. The van der Waals surface area contributed by atoms with Gasteiger partial charge in [0, 0.05) is 6.54 Å². The van der Waals surface area contributed by atoms with Crippen molar-refractivity contribution < 1.29 is 4.79 Å². The van der Waals surface area contributed by atoms with Gasteiger partial charge in [0.25, 0.3) is 0 Å². The number of amides is 1. The molecule has 0 aliphatic heterocycles. The zero-order chi connectivity index (χ0) is 14.5. The maximum Gasteiger partial charge on any atom is 0.240 e. The minimum absolute atomic E-state index is 0.0370. The van der Waals surface area contributed by atoms with Crippen molar-refractivity contribution in [1.29, 1.82) is 0 Å². The molecule has 20 heavy (non-hydrogen) atoms. The lowest BCUT2D eigenvalue weighted by Crippen LogP contribution is -2.30. The first kappa shape index (κ1) is 14.5. The number of aromatic nitrogens is 2. The SMILES string of the molecule is Cc1nc2ccccc2n1CC(=O)NCCCN(C)C. The minimum Gasteiger partial charge on any atom is -0.355 e. The average Bonchev–Trinajstić information content (AvgIpc) is 2.71. The third-order valence-corrected chi connectivity index (χ3v) is 3.25. The van der Waals surface area contributed by atoms with Crippen molar-refractivity contribution in [3.8, 4) is 0 Å². The molecule has 108 valence electrons. The topological polar surface area (TPSA) is 50.2 Å². The molecule has 0 unspecified atom stereocenters. The molecule has 0 fully saturated rings. The molecule has 0 saturated carbocycles. The van der Waals surface area contributed by atoms with Crippen molar-refractivity contribution in [3.63, 3.8) is 0 Å². The number of imidazole rings is 1. The van der Waals surface area contributed by atoms with Crippen molar-refractivity contribution in [2.45, 2.75) is 19.9 Å². The van der Waals surface area contributed by atoms with E-state index in [1.807, 2.05) is 49.9 Å². The summed E-state index contributed by atoms with van der Waals surface area (Å²) >= 11 is 0. The maximum atomic E-state index is 12.0. The Morgan fingerprint density at radius 2 is 2.10 bits per heavy atom. The third kappa shape index (κ3) is 3.57. The summed E-state index contributed by atoms with van der Waals surface area (Å²) < 4.78 is 1.95. The molecule has 0 aliphatic carbocycles. The number of fused-ring (bicyclic) bond motifs is 1. The van der Waals surface area contributed by atoms with E-state index in [-0.39, 0.29) is 5.91 Å². The van der Waals surface area contributed by atoms with Crippen LogP contribution in [-0.2, 0) is 11.3 Å². The summed E-state index contributed by atoms with van der Waals surface area (Å²) in [7, 11) is 4.06. The standard InChI is InChI=1S/C15H22N4O/c1-12-17-13-7-4-5-8-14(13)19(12)11-15(20)16-9-6-10-18(2)3/h4-5,7-8H,6,9-11H2,1-3H3,(H,16,20). The molecule has 0 atom stereocenters. The van der Waals surface area contributed by atoms with Crippen LogP contribution in [0.15, 0.2) is 24.3 Å². The van der Waals surface area contributed by atoms with Crippen LogP contribution in [0.1, 0.15) is 12.2 Å². The first-order valence-corrected chi connectivity index (χ1v) is 6.91. The van der Waals surface area contributed by atoms with Crippen LogP contribution in [0.3, 0.4) is 0 Å². The van der Waals surface area contributed by atoms with Crippen LogP contribution in [-0.4, -0.2) is 47.5 Å². The number of nitrogens with zero attached hydrogens (tertiary/aromatic N) is 3. The molecule has 0 spiro atoms. The van der Waals surface area contributed by atoms with E-state index in [1.165, 1.54) is 0 Å². The minimum atomic E-state index is 0.0370. The van der Waals surface area contributed by atoms with Crippen LogP contribution in [0.2, 0.25) is 0 Å². The average molecular weight is 274 g/mol. The van der Waals surface area contributed by atoms with Crippen LogP contribution >= 0.6 is 0 Å². The Morgan fingerprint density at radius 3 is 2.85 bits per heavy atom. The molecule has 1 amide bonds. The number of carbonyl (C=O) groups is 1. The molecule has 1 aromatic carbocycles. The molecule has 1 N–H and O–H groups in total. The van der Waals surface area contributed by atoms with E-state index in [4.69, 9.17) is 0 Å². The van der Waals surface area contributed by atoms with Gasteiger partial charge in [0.15, 0.2) is 0 Å². The van der Waals surface area contributed by atoms with Crippen LogP contribution in [0.5, 0.6) is 0 Å². The molecule has 2 aromatic rings. The maximum absolute atomic E-state index is 12.0. The van der Waals surface area contributed by atoms with Gasteiger partial charge in [0.1, 0.15) is 12.4 Å². The quantitative estimate of drug-likeness (QED) is 0.810. The highest BCUT2D eigenvalue weighted by molar-refractivity contribution is 5.81. The summed E-state index contributed by atoms with van der Waals surface area (Å²) in [4.78, 5) is 18.6. The normalized spacial score (nSPS) is 11.2. The number of hydrogen-bond acceptors (Lipinski definition) is 3. The van der Waals surface area contributed by atoms with Crippen molar-refractivity contribution in [2.75, 3.05) is 27.2 Å². The highest BCUT2D eigenvalue weighted by atomic mass is 16.1. The smallest absolute Gasteiger partial charge is 0.240 e. The molecular formula is C15H22N4O. The van der Waals surface area contributed by atoms with Gasteiger partial charge in [0.05, 0.1) is 11.0 Å². The summed E-state index contributed by atoms with van der Waals surface area (Å²) in [5.74, 6) is 0.907. The van der Waals surface area contributed by atoms with Crippen molar-refractivity contribution in [3.05, 3.63) is 30.1 Å². The molecule has 0 aliphatic rings. The molecule has 0 saturated heterocycles. The highest BCUT2D eigenvalue weighted by Gasteiger charge is 2.10. The first-order chi connectivity index (χ1) is 9.58. The Kier molecular flexibility index (Phi) is 4.74. The van der Waals surface area contributed by atoms with Crippen LogP contribution in [0.25, 0.3) is 11.0 Å². The predicted octanol–water partition coefficient (Wildman–Crippen LogP) is 1.41. The second kappa shape index (κ2) is 6.52. The summed E-state index contributed by atoms with van der Waals surface area (Å²) in [6.07, 6.45) is 0.961. The van der Waals surface area contributed by atoms with Gasteiger partial charge in [-0.2, -0.15) is 0 Å². The van der Waals surface area contributed by atoms with E-state index in [0.29, 0.717) is 13.1 Å². The number of carbonyl (C=O) groups excluding carboxylic acids is 1. The fourth-order valence-corrected chi connectivity index (χ4v) is 2.22. The highest BCUT2D eigenvalue weighted by Crippen LogP contribution is 2.14. The number of hydrogen-bond donors (Lipinski definition) is 1. The van der Waals surface area contributed by atoms with E-state index in [2.05, 4.69) is 15.2 Å². The fraction of sp³-hybridized carbons (Fsp3) is 0.467. The molecule has 1 heterocycles. The molecular weight excluding hydrogens is 252 g/mol. The summed E-state index contributed by atoms with van der Waals surface area (Å²) in [6.45, 7) is 3.95. The summed E-state index contributed by atoms with van der Waals surface area (Å²) in [5.41, 5.74) is 1.94. The lowest BCUT2D eigenvalue weighted by molar-refractivity contribution is -0.121. The van der Waals surface area contributed by atoms with Crippen molar-refractivity contribution in [2.24, 2.45) is 0 Å². The Hall–Kier alpha value is -1.88. The lowest BCUT2D eigenvalue weighted by atomic mass is 10.3. The lowest BCUT2D eigenvalue weighted by Gasteiger charge is -2.11. The van der Waals surface area contributed by atoms with E-state index in [1.54, 1.807) is 0 Å². The van der Waals surface area contributed by atoms with Crippen molar-refractivity contribution in [1.82, 2.24) is 19.8 Å². The van der Waals surface area contributed by atoms with Gasteiger partial charge in [-0.15, -0.1) is 0 Å². The summed E-state index contributed by atoms with van der Waals surface area (Å²) in [6, 6.07) is 7.89. The van der Waals surface area contributed by atoms with Gasteiger partial charge in [-0.1, -0.05) is 12.1 Å². The van der Waals surface area contributed by atoms with E-state index in [0.717, 1.165) is 29.8 Å². The molecule has 1 aromatic heterocycles. The Balaban J connectivity index is 1.94. The number of benzene rings is 1. The zero-order valence-corrected chi connectivity index (χ0v) is 12.4. The second-order valence-electron chi connectivity index (χ2n) is 5.24. The second-order valence-corrected chi connectivity index (χ2v) is 5.24. The Labute approximate surface area is 119 Å².